The van der Waals surface area contributed by atoms with Gasteiger partial charge in [-0.15, -0.1) is 0 Å². The maximum absolute atomic E-state index is 15.4. The van der Waals surface area contributed by atoms with Crippen molar-refractivity contribution in [1.82, 2.24) is 9.55 Å². The van der Waals surface area contributed by atoms with E-state index in [4.69, 9.17) is 9.72 Å². The molecule has 260 valence electrons. The number of benzene rings is 7. The number of aryl methyl sites for hydroxylation is 1. The first kappa shape index (κ1) is 32.8. The van der Waals surface area contributed by atoms with E-state index < -0.39 is 11.6 Å². The van der Waals surface area contributed by atoms with E-state index in [0.717, 1.165) is 61.7 Å². The standard InChI is InChI=1S/C48H33F2N3O/c1-32-23-25-39(54-38-18-12-17-36(28-38)52(34-13-4-2-5-14-34)35-15-6-3-7-16-35)31-43(32)46-30-37(29-45(51-46)42-26-24-33(49)27-44(42)50)53-47-21-10-8-19-40(47)41-20-9-11-22-48(41)53/h2-31H,1H3. The minimum atomic E-state index is -0.679. The third-order valence-corrected chi connectivity index (χ3v) is 9.68. The van der Waals surface area contributed by atoms with Gasteiger partial charge in [-0.1, -0.05) is 84.9 Å². The molecule has 9 rings (SSSR count). The van der Waals surface area contributed by atoms with Crippen molar-refractivity contribution in [2.45, 2.75) is 6.92 Å². The number of anilines is 3. The monoisotopic (exact) mass is 705 g/mol. The fourth-order valence-electron chi connectivity index (χ4n) is 7.18. The van der Waals surface area contributed by atoms with E-state index in [1.54, 1.807) is 0 Å². The van der Waals surface area contributed by atoms with Crippen molar-refractivity contribution >= 4 is 38.9 Å². The van der Waals surface area contributed by atoms with Gasteiger partial charge in [0.1, 0.15) is 23.1 Å². The molecule has 2 aromatic heterocycles. The molecule has 0 radical (unpaired) electrons. The molecule has 0 spiro atoms. The Labute approximate surface area is 311 Å². The number of halogens is 2. The maximum Gasteiger partial charge on any atom is 0.135 e. The minimum Gasteiger partial charge on any atom is -0.457 e. The van der Waals surface area contributed by atoms with Gasteiger partial charge in [-0.3, -0.25) is 0 Å². The molecule has 2 heterocycles. The van der Waals surface area contributed by atoms with E-state index in [1.807, 2.05) is 116 Å². The molecular formula is C48H33F2N3O. The fraction of sp³-hybridized carbons (Fsp3) is 0.0208. The zero-order valence-electron chi connectivity index (χ0n) is 29.3. The molecule has 0 fully saturated rings. The predicted molar refractivity (Wildman–Crippen MR) is 215 cm³/mol. The second-order valence-corrected chi connectivity index (χ2v) is 13.2. The van der Waals surface area contributed by atoms with Gasteiger partial charge in [-0.2, -0.15) is 0 Å². The van der Waals surface area contributed by atoms with Crippen molar-refractivity contribution in [2.24, 2.45) is 0 Å². The fourth-order valence-corrected chi connectivity index (χ4v) is 7.18. The topological polar surface area (TPSA) is 30.3 Å². The van der Waals surface area contributed by atoms with Crippen LogP contribution in [0.3, 0.4) is 0 Å². The van der Waals surface area contributed by atoms with Crippen LogP contribution in [0.5, 0.6) is 11.5 Å². The van der Waals surface area contributed by atoms with E-state index in [2.05, 4.69) is 64.1 Å². The Hall–Kier alpha value is -7.05. The van der Waals surface area contributed by atoms with Gasteiger partial charge in [0.2, 0.25) is 0 Å². The third-order valence-electron chi connectivity index (χ3n) is 9.68. The lowest BCUT2D eigenvalue weighted by molar-refractivity contribution is 0.483. The van der Waals surface area contributed by atoms with Crippen LogP contribution in [0.1, 0.15) is 5.56 Å². The van der Waals surface area contributed by atoms with E-state index in [9.17, 15) is 4.39 Å². The lowest BCUT2D eigenvalue weighted by atomic mass is 10.0. The van der Waals surface area contributed by atoms with Crippen LogP contribution in [0, 0.1) is 18.6 Å². The molecule has 0 N–H and O–H groups in total. The number of pyridine rings is 1. The van der Waals surface area contributed by atoms with Crippen LogP contribution in [0.2, 0.25) is 0 Å². The van der Waals surface area contributed by atoms with Crippen LogP contribution in [0.15, 0.2) is 182 Å². The minimum absolute atomic E-state index is 0.212. The summed E-state index contributed by atoms with van der Waals surface area (Å²) in [6.07, 6.45) is 0. The third kappa shape index (κ3) is 6.14. The molecule has 0 aliphatic heterocycles. The quantitative estimate of drug-likeness (QED) is 0.158. The number of para-hydroxylation sites is 4. The van der Waals surface area contributed by atoms with Crippen LogP contribution in [0.25, 0.3) is 50.0 Å². The summed E-state index contributed by atoms with van der Waals surface area (Å²) in [5.74, 6) is -0.0328. The predicted octanol–water partition coefficient (Wildman–Crippen LogP) is 13.4. The van der Waals surface area contributed by atoms with E-state index >= 15 is 4.39 Å². The lowest BCUT2D eigenvalue weighted by Crippen LogP contribution is -2.09. The smallest absolute Gasteiger partial charge is 0.135 e. The molecular weight excluding hydrogens is 673 g/mol. The van der Waals surface area contributed by atoms with Gasteiger partial charge in [0.25, 0.3) is 0 Å². The van der Waals surface area contributed by atoms with Crippen LogP contribution >= 0.6 is 0 Å². The summed E-state index contributed by atoms with van der Waals surface area (Å²) in [5.41, 5.74) is 8.85. The second-order valence-electron chi connectivity index (χ2n) is 13.2. The number of ether oxygens (including phenoxy) is 1. The second kappa shape index (κ2) is 13.8. The lowest BCUT2D eigenvalue weighted by Gasteiger charge is -2.25. The highest BCUT2D eigenvalue weighted by atomic mass is 19.1. The highest BCUT2D eigenvalue weighted by Crippen LogP contribution is 2.39. The molecule has 0 aliphatic carbocycles. The first-order valence-corrected chi connectivity index (χ1v) is 17.8. The molecule has 9 aromatic rings. The van der Waals surface area contributed by atoms with Gasteiger partial charge in [0.05, 0.1) is 28.1 Å². The molecule has 0 aliphatic rings. The average molecular weight is 706 g/mol. The molecule has 7 aromatic carbocycles. The Morgan fingerprint density at radius 2 is 1.07 bits per heavy atom. The van der Waals surface area contributed by atoms with E-state index in [1.165, 1.54) is 12.1 Å². The molecule has 54 heavy (non-hydrogen) atoms. The van der Waals surface area contributed by atoms with Crippen LogP contribution in [-0.4, -0.2) is 9.55 Å². The van der Waals surface area contributed by atoms with Crippen molar-refractivity contribution in [3.63, 3.8) is 0 Å². The average Bonchev–Trinajstić information content (AvgIpc) is 3.54. The Bertz CT molecular complexity index is 2700. The van der Waals surface area contributed by atoms with Crippen molar-refractivity contribution in [2.75, 3.05) is 4.90 Å². The summed E-state index contributed by atoms with van der Waals surface area (Å²) in [6, 6.07) is 58.3. The number of aromatic nitrogens is 2. The highest BCUT2D eigenvalue weighted by molar-refractivity contribution is 6.09. The van der Waals surface area contributed by atoms with Gasteiger partial charge < -0.3 is 14.2 Å². The Morgan fingerprint density at radius 3 is 1.72 bits per heavy atom. The van der Waals surface area contributed by atoms with Crippen LogP contribution < -0.4 is 9.64 Å². The number of hydrogen-bond donors (Lipinski definition) is 0. The summed E-state index contributed by atoms with van der Waals surface area (Å²) in [7, 11) is 0. The van der Waals surface area contributed by atoms with Crippen molar-refractivity contribution in [3.05, 3.63) is 199 Å². The Balaban J connectivity index is 1.16. The van der Waals surface area contributed by atoms with Gasteiger partial charge >= 0.3 is 0 Å². The normalized spacial score (nSPS) is 11.2. The molecule has 0 saturated heterocycles. The molecule has 4 nitrogen and oxygen atoms in total. The van der Waals surface area contributed by atoms with Crippen molar-refractivity contribution < 1.29 is 13.5 Å². The number of rotatable bonds is 8. The molecule has 6 heteroatoms. The van der Waals surface area contributed by atoms with Gasteiger partial charge in [-0.25, -0.2) is 13.8 Å². The summed E-state index contributed by atoms with van der Waals surface area (Å²) in [4.78, 5) is 7.20. The summed E-state index contributed by atoms with van der Waals surface area (Å²) < 4.78 is 38.3. The van der Waals surface area contributed by atoms with Crippen molar-refractivity contribution in [3.8, 4) is 39.7 Å². The highest BCUT2D eigenvalue weighted by Gasteiger charge is 2.18. The van der Waals surface area contributed by atoms with Crippen molar-refractivity contribution in [1.29, 1.82) is 0 Å². The first-order valence-electron chi connectivity index (χ1n) is 17.8. The number of hydrogen-bond acceptors (Lipinski definition) is 3. The Kier molecular flexibility index (Phi) is 8.40. The summed E-state index contributed by atoms with van der Waals surface area (Å²) in [6.45, 7) is 2.02. The van der Waals surface area contributed by atoms with Crippen LogP contribution in [0.4, 0.5) is 25.8 Å². The molecule has 0 unspecified atom stereocenters. The number of nitrogens with zero attached hydrogens (tertiary/aromatic N) is 3. The maximum atomic E-state index is 15.4. The van der Waals surface area contributed by atoms with Gasteiger partial charge in [0, 0.05) is 51.1 Å². The van der Waals surface area contributed by atoms with E-state index in [0.29, 0.717) is 22.9 Å². The Morgan fingerprint density at radius 1 is 0.500 bits per heavy atom. The zero-order valence-corrected chi connectivity index (χ0v) is 29.3. The van der Waals surface area contributed by atoms with Crippen LogP contribution in [-0.2, 0) is 0 Å². The summed E-state index contributed by atoms with van der Waals surface area (Å²) >= 11 is 0. The first-order chi connectivity index (χ1) is 26.5. The number of fused-ring (bicyclic) bond motifs is 3. The van der Waals surface area contributed by atoms with Gasteiger partial charge in [0.15, 0.2) is 0 Å². The van der Waals surface area contributed by atoms with Gasteiger partial charge in [-0.05, 0) is 97.4 Å². The molecule has 0 amide bonds. The molecule has 0 atom stereocenters. The molecule has 0 bridgehead atoms. The largest absolute Gasteiger partial charge is 0.457 e. The zero-order chi connectivity index (χ0) is 36.6. The van der Waals surface area contributed by atoms with E-state index in [-0.39, 0.29) is 5.56 Å². The SMILES string of the molecule is Cc1ccc(Oc2cccc(N(c3ccccc3)c3ccccc3)c2)cc1-c1cc(-n2c3ccccc3c3ccccc32)cc(-c2ccc(F)cc2F)n1. The molecule has 0 saturated carbocycles. The summed E-state index contributed by atoms with van der Waals surface area (Å²) in [5, 5.41) is 2.21.